The van der Waals surface area contributed by atoms with Crippen molar-refractivity contribution in [3.8, 4) is 5.75 Å². The molecule has 2 atom stereocenters. The average molecular weight is 462 g/mol. The summed E-state index contributed by atoms with van der Waals surface area (Å²) in [4.78, 5) is 12.1. The van der Waals surface area contributed by atoms with Crippen LogP contribution in [-0.2, 0) is 0 Å². The van der Waals surface area contributed by atoms with E-state index in [4.69, 9.17) is 0 Å². The van der Waals surface area contributed by atoms with E-state index in [9.17, 15) is 23.1 Å². The Balaban J connectivity index is 1.82. The Hall–Kier alpha value is -1.97. The number of halogens is 4. The molecule has 1 fully saturated rings. The van der Waals surface area contributed by atoms with Crippen molar-refractivity contribution in [3.63, 3.8) is 0 Å². The molecule has 8 heteroatoms. The molecule has 132 valence electrons. The van der Waals surface area contributed by atoms with Gasteiger partial charge in [-0.2, -0.15) is 13.2 Å². The van der Waals surface area contributed by atoms with Crippen LogP contribution in [0.25, 0.3) is 0 Å². The molecule has 2 unspecified atom stereocenters. The van der Waals surface area contributed by atoms with Gasteiger partial charge in [-0.3, -0.25) is 0 Å². The molecule has 25 heavy (non-hydrogen) atoms. The molecule has 1 aliphatic rings. The first-order valence-corrected chi connectivity index (χ1v) is 8.55. The number of rotatable bonds is 3. The van der Waals surface area contributed by atoms with Crippen LogP contribution in [0, 0.1) is 9.49 Å². The summed E-state index contributed by atoms with van der Waals surface area (Å²) in [5.41, 5.74) is 0.853. The fourth-order valence-electron chi connectivity index (χ4n) is 2.74. The van der Waals surface area contributed by atoms with Gasteiger partial charge in [0.05, 0.1) is 11.6 Å². The van der Waals surface area contributed by atoms with Gasteiger partial charge in [-0.25, -0.2) is 4.79 Å². The molecule has 2 amide bonds. The van der Waals surface area contributed by atoms with Gasteiger partial charge in [-0.1, -0.05) is 18.2 Å². The Morgan fingerprint density at radius 1 is 1.16 bits per heavy atom. The zero-order valence-corrected chi connectivity index (χ0v) is 14.9. The molecule has 0 aliphatic heterocycles. The van der Waals surface area contributed by atoms with E-state index in [1.54, 1.807) is 36.4 Å². The molecule has 3 N–H and O–H groups in total. The highest BCUT2D eigenvalue weighted by atomic mass is 127. The van der Waals surface area contributed by atoms with E-state index in [2.05, 4.69) is 10.6 Å². The molecule has 0 saturated heterocycles. The standard InChI is InChI=1S/C17H14F3IN2O2/c18-17(19,20)13-8-11(13)12-6-9(21)7-14(24)15(12)23-16(25)22-10-4-2-1-3-5-10/h1-7,11,13,24H,8H2,(H2,22,23,25). The zero-order chi connectivity index (χ0) is 18.2. The van der Waals surface area contributed by atoms with Crippen molar-refractivity contribution < 1.29 is 23.1 Å². The number of aromatic hydroxyl groups is 1. The van der Waals surface area contributed by atoms with Crippen molar-refractivity contribution >= 4 is 40.0 Å². The summed E-state index contributed by atoms with van der Waals surface area (Å²) in [7, 11) is 0. The van der Waals surface area contributed by atoms with Crippen LogP contribution in [0.1, 0.15) is 17.9 Å². The maximum atomic E-state index is 12.9. The molecule has 0 aromatic heterocycles. The SMILES string of the molecule is O=C(Nc1ccccc1)Nc1c(O)cc(I)cc1C1CC1C(F)(F)F. The van der Waals surface area contributed by atoms with Crippen LogP contribution < -0.4 is 10.6 Å². The minimum absolute atomic E-state index is 0.0191. The van der Waals surface area contributed by atoms with Gasteiger partial charge < -0.3 is 15.7 Å². The number of benzene rings is 2. The van der Waals surface area contributed by atoms with E-state index in [1.165, 1.54) is 6.07 Å². The molecule has 1 saturated carbocycles. The molecule has 4 nitrogen and oxygen atoms in total. The highest BCUT2D eigenvalue weighted by Crippen LogP contribution is 2.58. The minimum Gasteiger partial charge on any atom is -0.506 e. The number of carbonyl (C=O) groups is 1. The first kappa shape index (κ1) is 17.8. The summed E-state index contributed by atoms with van der Waals surface area (Å²) < 4.78 is 39.3. The number of alkyl halides is 3. The molecule has 1 aliphatic carbocycles. The van der Waals surface area contributed by atoms with Gasteiger partial charge in [0.1, 0.15) is 5.75 Å². The van der Waals surface area contributed by atoms with E-state index < -0.39 is 24.0 Å². The Morgan fingerprint density at radius 3 is 2.44 bits per heavy atom. The Bertz CT molecular complexity index is 796. The normalized spacial score (nSPS) is 19.4. The van der Waals surface area contributed by atoms with Gasteiger partial charge in [-0.05, 0) is 64.8 Å². The number of carbonyl (C=O) groups excluding carboxylic acids is 1. The van der Waals surface area contributed by atoms with Crippen molar-refractivity contribution in [3.05, 3.63) is 51.6 Å². The maximum Gasteiger partial charge on any atom is 0.392 e. The largest absolute Gasteiger partial charge is 0.506 e. The second-order valence-electron chi connectivity index (χ2n) is 5.82. The van der Waals surface area contributed by atoms with E-state index in [0.717, 1.165) is 0 Å². The van der Waals surface area contributed by atoms with Crippen LogP contribution in [0.3, 0.4) is 0 Å². The van der Waals surface area contributed by atoms with Crippen LogP contribution in [0.5, 0.6) is 5.75 Å². The van der Waals surface area contributed by atoms with Gasteiger partial charge in [0.2, 0.25) is 0 Å². The molecule has 0 heterocycles. The number of phenolic OH excluding ortho intramolecular Hbond substituents is 1. The molecular formula is C17H14F3IN2O2. The van der Waals surface area contributed by atoms with Crippen LogP contribution >= 0.6 is 22.6 Å². The van der Waals surface area contributed by atoms with E-state index in [1.807, 2.05) is 22.6 Å². The molecule has 0 bridgehead atoms. The van der Waals surface area contributed by atoms with Crippen LogP contribution in [0.15, 0.2) is 42.5 Å². The van der Waals surface area contributed by atoms with Crippen molar-refractivity contribution in [2.45, 2.75) is 18.5 Å². The predicted octanol–water partition coefficient (Wildman–Crippen LogP) is 5.31. The van der Waals surface area contributed by atoms with Crippen LogP contribution in [0.4, 0.5) is 29.3 Å². The third-order valence-corrected chi connectivity index (χ3v) is 4.62. The van der Waals surface area contributed by atoms with Crippen molar-refractivity contribution in [2.75, 3.05) is 10.6 Å². The number of anilines is 2. The number of hydrogen-bond acceptors (Lipinski definition) is 2. The Morgan fingerprint density at radius 2 is 1.84 bits per heavy atom. The molecule has 2 aromatic rings. The second kappa shape index (κ2) is 6.74. The quantitative estimate of drug-likeness (QED) is 0.428. The van der Waals surface area contributed by atoms with Crippen molar-refractivity contribution in [2.24, 2.45) is 5.92 Å². The minimum atomic E-state index is -4.29. The zero-order valence-electron chi connectivity index (χ0n) is 12.8. The first-order valence-electron chi connectivity index (χ1n) is 7.48. The summed E-state index contributed by atoms with van der Waals surface area (Å²) in [6.45, 7) is 0. The topological polar surface area (TPSA) is 61.4 Å². The second-order valence-corrected chi connectivity index (χ2v) is 7.07. The molecule has 2 aromatic carbocycles. The Kier molecular flexibility index (Phi) is 4.81. The first-order chi connectivity index (χ1) is 11.8. The van der Waals surface area contributed by atoms with Crippen molar-refractivity contribution in [1.82, 2.24) is 0 Å². The van der Waals surface area contributed by atoms with E-state index >= 15 is 0 Å². The van der Waals surface area contributed by atoms with Gasteiger partial charge >= 0.3 is 12.2 Å². The summed E-state index contributed by atoms with van der Waals surface area (Å²) in [6, 6.07) is 10.9. The van der Waals surface area contributed by atoms with E-state index in [0.29, 0.717) is 14.8 Å². The maximum absolute atomic E-state index is 12.9. The third-order valence-electron chi connectivity index (χ3n) is 3.99. The number of urea groups is 1. The highest BCUT2D eigenvalue weighted by molar-refractivity contribution is 14.1. The lowest BCUT2D eigenvalue weighted by Gasteiger charge is -2.15. The lowest BCUT2D eigenvalue weighted by Crippen LogP contribution is -2.20. The summed E-state index contributed by atoms with van der Waals surface area (Å²) in [6.07, 6.45) is -4.33. The number of phenols is 1. The smallest absolute Gasteiger partial charge is 0.392 e. The van der Waals surface area contributed by atoms with Crippen LogP contribution in [-0.4, -0.2) is 17.3 Å². The summed E-state index contributed by atoms with van der Waals surface area (Å²) in [5.74, 6) is -2.45. The van der Waals surface area contributed by atoms with Gasteiger partial charge in [0.15, 0.2) is 0 Å². The molecule has 0 spiro atoms. The van der Waals surface area contributed by atoms with Gasteiger partial charge in [0, 0.05) is 9.26 Å². The third kappa shape index (κ3) is 4.17. The monoisotopic (exact) mass is 462 g/mol. The van der Waals surface area contributed by atoms with Crippen molar-refractivity contribution in [1.29, 1.82) is 0 Å². The number of amides is 2. The number of para-hydroxylation sites is 1. The molecular weight excluding hydrogens is 448 g/mol. The lowest BCUT2D eigenvalue weighted by atomic mass is 10.1. The van der Waals surface area contributed by atoms with Gasteiger partial charge in [-0.15, -0.1) is 0 Å². The predicted molar refractivity (Wildman–Crippen MR) is 96.8 cm³/mol. The fraction of sp³-hybridized carbons (Fsp3) is 0.235. The molecule has 0 radical (unpaired) electrons. The average Bonchev–Trinajstić information content (AvgIpc) is 3.31. The van der Waals surface area contributed by atoms with Crippen LogP contribution in [0.2, 0.25) is 0 Å². The molecule has 3 rings (SSSR count). The van der Waals surface area contributed by atoms with E-state index in [-0.39, 0.29) is 17.9 Å². The Labute approximate surface area is 155 Å². The highest BCUT2D eigenvalue weighted by Gasteiger charge is 2.56. The number of nitrogens with one attached hydrogen (secondary N) is 2. The summed E-state index contributed by atoms with van der Waals surface area (Å²) >= 11 is 1.92. The number of hydrogen-bond donors (Lipinski definition) is 3. The fourth-order valence-corrected chi connectivity index (χ4v) is 3.37. The lowest BCUT2D eigenvalue weighted by molar-refractivity contribution is -0.148. The van der Waals surface area contributed by atoms with Gasteiger partial charge in [0.25, 0.3) is 0 Å². The summed E-state index contributed by atoms with van der Waals surface area (Å²) in [5, 5.41) is 15.2.